The fourth-order valence-corrected chi connectivity index (χ4v) is 3.65. The summed E-state index contributed by atoms with van der Waals surface area (Å²) in [6.07, 6.45) is 0.406. The van der Waals surface area contributed by atoms with Crippen LogP contribution in [0, 0.1) is 12.8 Å². The van der Waals surface area contributed by atoms with Gasteiger partial charge in [0.2, 0.25) is 0 Å². The lowest BCUT2D eigenvalue weighted by Gasteiger charge is -2.24. The summed E-state index contributed by atoms with van der Waals surface area (Å²) in [6, 6.07) is 6.43. The number of rotatable bonds is 7. The largest absolute Gasteiger partial charge is 0.476 e. The Morgan fingerprint density at radius 3 is 2.73 bits per heavy atom. The van der Waals surface area contributed by atoms with Crippen molar-refractivity contribution in [3.8, 4) is 0 Å². The number of hydrogen-bond donors (Lipinski definition) is 2. The molecule has 30 heavy (non-hydrogen) atoms. The number of anilines is 2. The molecular weight excluding hydrogens is 408 g/mol. The van der Waals surface area contributed by atoms with Gasteiger partial charge in [-0.3, -0.25) is 4.90 Å². The topological polar surface area (TPSA) is 105 Å². The summed E-state index contributed by atoms with van der Waals surface area (Å²) in [5.41, 5.74) is 1.77. The molecule has 9 heteroatoms. The van der Waals surface area contributed by atoms with E-state index in [2.05, 4.69) is 29.1 Å². The second-order valence-electron chi connectivity index (χ2n) is 7.86. The number of nitrogens with zero attached hydrogens (tertiary/aromatic N) is 3. The molecule has 1 aliphatic rings. The molecule has 2 N–H and O–H groups in total. The first-order valence-electron chi connectivity index (χ1n) is 9.76. The normalized spacial score (nSPS) is 17.2. The minimum Gasteiger partial charge on any atom is -0.476 e. The number of aromatic carboxylic acids is 1. The van der Waals surface area contributed by atoms with Crippen molar-refractivity contribution in [3.63, 3.8) is 0 Å². The smallest absolute Gasteiger partial charge is 0.415 e. The van der Waals surface area contributed by atoms with E-state index in [0.717, 1.165) is 12.0 Å². The molecule has 2 aromatic heterocycles. The van der Waals surface area contributed by atoms with E-state index in [1.54, 1.807) is 11.0 Å². The third-order valence-electron chi connectivity index (χ3n) is 4.81. The fourth-order valence-electron chi connectivity index (χ4n) is 3.50. The number of carboxylic acid groups (broad SMARTS) is 1. The first-order chi connectivity index (χ1) is 14.2. The number of cyclic esters (lactones) is 1. The maximum absolute atomic E-state index is 12.4. The highest BCUT2D eigenvalue weighted by Crippen LogP contribution is 2.29. The molecule has 0 unspecified atom stereocenters. The number of carboxylic acids is 1. The molecule has 1 fully saturated rings. The number of nitrogens with one attached hydrogen (secondary N) is 1. The van der Waals surface area contributed by atoms with E-state index in [0.29, 0.717) is 29.7 Å². The highest BCUT2D eigenvalue weighted by atomic mass is 35.5. The Labute approximate surface area is 180 Å². The monoisotopic (exact) mass is 432 g/mol. The van der Waals surface area contributed by atoms with Gasteiger partial charge in [-0.25, -0.2) is 19.6 Å². The maximum atomic E-state index is 12.4. The lowest BCUT2D eigenvalue weighted by molar-refractivity contribution is 0.0691. The molecule has 1 saturated heterocycles. The molecular formula is C21H25ClN4O4. The van der Waals surface area contributed by atoms with E-state index in [-0.39, 0.29) is 22.9 Å². The molecule has 0 spiro atoms. The van der Waals surface area contributed by atoms with Crippen LogP contribution in [0.3, 0.4) is 0 Å². The molecule has 1 amide bonds. The van der Waals surface area contributed by atoms with Gasteiger partial charge < -0.3 is 15.2 Å². The SMILES string of the molecule is Cc1cc([C@@H](C)Nc2ccc(Cl)nc2C(=O)O)nc(N2C(=O)OC[C@@H]2CC(C)C)c1. The van der Waals surface area contributed by atoms with Crippen molar-refractivity contribution in [3.05, 3.63) is 46.4 Å². The molecule has 160 valence electrons. The zero-order valence-corrected chi connectivity index (χ0v) is 18.1. The predicted molar refractivity (Wildman–Crippen MR) is 114 cm³/mol. The lowest BCUT2D eigenvalue weighted by Crippen LogP contribution is -2.35. The Bertz CT molecular complexity index is 966. The second-order valence-corrected chi connectivity index (χ2v) is 8.25. The summed E-state index contributed by atoms with van der Waals surface area (Å²) in [6.45, 7) is 8.32. The molecule has 0 bridgehead atoms. The van der Waals surface area contributed by atoms with Crippen LogP contribution in [0.25, 0.3) is 0 Å². The summed E-state index contributed by atoms with van der Waals surface area (Å²) in [5.74, 6) is -0.246. The molecule has 1 aliphatic heterocycles. The number of hydrogen-bond acceptors (Lipinski definition) is 6. The number of aryl methyl sites for hydroxylation is 1. The van der Waals surface area contributed by atoms with Crippen LogP contribution in [0.15, 0.2) is 24.3 Å². The summed E-state index contributed by atoms with van der Waals surface area (Å²) >= 11 is 5.83. The van der Waals surface area contributed by atoms with E-state index in [1.165, 1.54) is 6.07 Å². The van der Waals surface area contributed by atoms with E-state index in [1.807, 2.05) is 26.0 Å². The Kier molecular flexibility index (Phi) is 6.45. The number of halogens is 1. The lowest BCUT2D eigenvalue weighted by atomic mass is 10.0. The molecule has 0 aliphatic carbocycles. The first-order valence-corrected chi connectivity index (χ1v) is 10.1. The second kappa shape index (κ2) is 8.87. The molecule has 0 saturated carbocycles. The summed E-state index contributed by atoms with van der Waals surface area (Å²) in [7, 11) is 0. The number of ether oxygens (including phenoxy) is 1. The molecule has 8 nitrogen and oxygen atoms in total. The number of aromatic nitrogens is 2. The van der Waals surface area contributed by atoms with Crippen molar-refractivity contribution >= 4 is 35.2 Å². The molecule has 3 rings (SSSR count). The molecule has 0 aromatic carbocycles. The molecule has 0 radical (unpaired) electrons. The van der Waals surface area contributed by atoms with Gasteiger partial charge in [-0.1, -0.05) is 25.4 Å². The minimum atomic E-state index is -1.18. The maximum Gasteiger partial charge on any atom is 0.415 e. The number of carbonyl (C=O) groups excluding carboxylic acids is 1. The van der Waals surface area contributed by atoms with Gasteiger partial charge in [0.15, 0.2) is 5.69 Å². The van der Waals surface area contributed by atoms with Gasteiger partial charge in [0, 0.05) is 0 Å². The van der Waals surface area contributed by atoms with Crippen molar-refractivity contribution in [1.29, 1.82) is 0 Å². The predicted octanol–water partition coefficient (Wildman–Crippen LogP) is 4.68. The summed E-state index contributed by atoms with van der Waals surface area (Å²) in [4.78, 5) is 34.0. The van der Waals surface area contributed by atoms with E-state index < -0.39 is 12.1 Å². The molecule has 2 atom stereocenters. The number of carbonyl (C=O) groups is 2. The van der Waals surface area contributed by atoms with Crippen LogP contribution in [-0.2, 0) is 4.74 Å². The van der Waals surface area contributed by atoms with Crippen LogP contribution in [-0.4, -0.2) is 39.8 Å². The Hall–Kier alpha value is -2.87. The zero-order chi connectivity index (χ0) is 22.0. The average molecular weight is 433 g/mol. The van der Waals surface area contributed by atoms with Crippen molar-refractivity contribution < 1.29 is 19.4 Å². The van der Waals surface area contributed by atoms with E-state index in [4.69, 9.17) is 16.3 Å². The van der Waals surface area contributed by atoms with Crippen molar-refractivity contribution in [2.45, 2.75) is 46.2 Å². The van der Waals surface area contributed by atoms with E-state index >= 15 is 0 Å². The minimum absolute atomic E-state index is 0.0676. The van der Waals surface area contributed by atoms with Gasteiger partial charge in [0.05, 0.1) is 23.5 Å². The van der Waals surface area contributed by atoms with Crippen molar-refractivity contribution in [1.82, 2.24) is 9.97 Å². The van der Waals surface area contributed by atoms with Crippen LogP contribution >= 0.6 is 11.6 Å². The standard InChI is InChI=1S/C21H25ClN4O4/c1-11(2)7-14-10-30-21(29)26(14)18-9-12(3)8-16(24-18)13(4)23-15-5-6-17(22)25-19(15)20(27)28/h5-6,8-9,11,13-14,23H,7,10H2,1-4H3,(H,27,28)/t13-,14+/m1/s1. The third kappa shape index (κ3) is 4.81. The van der Waals surface area contributed by atoms with Gasteiger partial charge in [-0.2, -0.15) is 0 Å². The van der Waals surface area contributed by atoms with E-state index in [9.17, 15) is 14.7 Å². The Morgan fingerprint density at radius 2 is 2.07 bits per heavy atom. The first kappa shape index (κ1) is 21.8. The van der Waals surface area contributed by atoms with Crippen LogP contribution in [0.1, 0.15) is 55.0 Å². The van der Waals surface area contributed by atoms with Gasteiger partial charge in [0.1, 0.15) is 17.6 Å². The van der Waals surface area contributed by atoms with Crippen LogP contribution < -0.4 is 10.2 Å². The van der Waals surface area contributed by atoms with Crippen LogP contribution in [0.4, 0.5) is 16.3 Å². The highest BCUT2D eigenvalue weighted by molar-refractivity contribution is 6.29. The third-order valence-corrected chi connectivity index (χ3v) is 5.02. The Balaban J connectivity index is 1.90. The van der Waals surface area contributed by atoms with Crippen LogP contribution in [0.5, 0.6) is 0 Å². The average Bonchev–Trinajstić information content (AvgIpc) is 3.01. The summed E-state index contributed by atoms with van der Waals surface area (Å²) in [5, 5.41) is 12.6. The number of pyridine rings is 2. The Morgan fingerprint density at radius 1 is 1.33 bits per heavy atom. The van der Waals surface area contributed by atoms with Gasteiger partial charge in [0.25, 0.3) is 0 Å². The fraction of sp³-hybridized carbons (Fsp3) is 0.429. The quantitative estimate of drug-likeness (QED) is 0.612. The number of amides is 1. The molecule has 3 heterocycles. The van der Waals surface area contributed by atoms with Crippen molar-refractivity contribution in [2.75, 3.05) is 16.8 Å². The van der Waals surface area contributed by atoms with Crippen molar-refractivity contribution in [2.24, 2.45) is 5.92 Å². The van der Waals surface area contributed by atoms with Gasteiger partial charge in [-0.05, 0) is 56.0 Å². The summed E-state index contributed by atoms with van der Waals surface area (Å²) < 4.78 is 5.27. The van der Waals surface area contributed by atoms with Gasteiger partial charge in [-0.15, -0.1) is 0 Å². The highest BCUT2D eigenvalue weighted by Gasteiger charge is 2.35. The van der Waals surface area contributed by atoms with Gasteiger partial charge >= 0.3 is 12.1 Å². The zero-order valence-electron chi connectivity index (χ0n) is 17.3. The molecule has 2 aromatic rings. The van der Waals surface area contributed by atoms with Crippen LogP contribution in [0.2, 0.25) is 5.15 Å².